The number of anilines is 2. The molecule has 0 unspecified atom stereocenters. The normalized spacial score (nSPS) is 15.4. The van der Waals surface area contributed by atoms with E-state index in [-0.39, 0.29) is 34.8 Å². The molecule has 1 aliphatic heterocycles. The van der Waals surface area contributed by atoms with Crippen LogP contribution in [0.25, 0.3) is 0 Å². The smallest absolute Gasteiger partial charge is 0.311 e. The number of likely N-dealkylation sites (N-methyl/N-ethyl adjacent to an activating group) is 2. The molecule has 2 heterocycles. The van der Waals surface area contributed by atoms with Gasteiger partial charge in [-0.2, -0.15) is 13.2 Å². The highest BCUT2D eigenvalue weighted by Gasteiger charge is 2.51. The van der Waals surface area contributed by atoms with Gasteiger partial charge in [0.2, 0.25) is 5.91 Å². The third-order valence-electron chi connectivity index (χ3n) is 6.55. The molecule has 0 radical (unpaired) electrons. The second kappa shape index (κ2) is 13.0. The zero-order valence-electron chi connectivity index (χ0n) is 23.3. The lowest BCUT2D eigenvalue weighted by molar-refractivity contribution is -0.123. The minimum absolute atomic E-state index is 0.0474. The van der Waals surface area contributed by atoms with Crippen LogP contribution in [0, 0.1) is 0 Å². The highest BCUT2D eigenvalue weighted by molar-refractivity contribution is 8.00. The van der Waals surface area contributed by atoms with Crippen LogP contribution in [0.2, 0.25) is 0 Å². The maximum Gasteiger partial charge on any atom is 0.446 e. The van der Waals surface area contributed by atoms with Crippen LogP contribution in [-0.4, -0.2) is 88.9 Å². The molecule has 1 aromatic heterocycles. The molecule has 3 rings (SSSR count). The molecule has 218 valence electrons. The van der Waals surface area contributed by atoms with Crippen molar-refractivity contribution in [3.63, 3.8) is 0 Å². The molecule has 1 fully saturated rings. The number of nitrogens with one attached hydrogen (secondary N) is 1. The largest absolute Gasteiger partial charge is 0.446 e. The summed E-state index contributed by atoms with van der Waals surface area (Å²) in [4.78, 5) is 49.9. The summed E-state index contributed by atoms with van der Waals surface area (Å²) in [6, 6.07) is 7.85. The molecule has 0 aliphatic carbocycles. The van der Waals surface area contributed by atoms with Gasteiger partial charge in [0.05, 0.1) is 5.69 Å². The molecule has 2 aromatic rings. The molecule has 0 bridgehead atoms. The summed E-state index contributed by atoms with van der Waals surface area (Å²) in [5.74, 6) is -0.339. The van der Waals surface area contributed by atoms with Crippen LogP contribution in [0.3, 0.4) is 0 Å². The topological polar surface area (TPSA) is 89.1 Å². The minimum atomic E-state index is -4.44. The fraction of sp³-hybridized carbons (Fsp3) is 0.481. The third kappa shape index (κ3) is 8.18. The summed E-state index contributed by atoms with van der Waals surface area (Å²) < 4.78 is 38.0. The summed E-state index contributed by atoms with van der Waals surface area (Å²) in [6.07, 6.45) is 1.82. The number of benzene rings is 1. The SMILES string of the molecule is CCN(CCC(=O)Nc1cc(CN2C(=O)N(c3ccc(SC(F)(F)F)cc3)C(=O)C2(C)C)ccn1)CCN(C)C. The Bertz CT molecular complexity index is 1210. The number of urea groups is 1. The molecule has 9 nitrogen and oxygen atoms in total. The Labute approximate surface area is 236 Å². The van der Waals surface area contributed by atoms with Gasteiger partial charge in [0, 0.05) is 43.7 Å². The second-order valence-corrected chi connectivity index (χ2v) is 11.3. The van der Waals surface area contributed by atoms with Crippen molar-refractivity contribution < 1.29 is 27.6 Å². The van der Waals surface area contributed by atoms with Gasteiger partial charge in [-0.25, -0.2) is 14.7 Å². The van der Waals surface area contributed by atoms with Gasteiger partial charge in [0.15, 0.2) is 0 Å². The number of alkyl halides is 3. The monoisotopic (exact) mass is 580 g/mol. The molecule has 1 aliphatic rings. The fourth-order valence-electron chi connectivity index (χ4n) is 4.18. The van der Waals surface area contributed by atoms with Crippen LogP contribution in [0.15, 0.2) is 47.5 Å². The number of nitrogens with zero attached hydrogens (tertiary/aromatic N) is 5. The molecule has 13 heteroatoms. The Balaban J connectivity index is 1.66. The summed E-state index contributed by atoms with van der Waals surface area (Å²) >= 11 is -0.269. The zero-order valence-corrected chi connectivity index (χ0v) is 24.1. The summed E-state index contributed by atoms with van der Waals surface area (Å²) in [5, 5.41) is 2.80. The first kappa shape index (κ1) is 31.4. The van der Waals surface area contributed by atoms with E-state index in [1.165, 1.54) is 35.4 Å². The number of carbonyl (C=O) groups excluding carboxylic acids is 3. The van der Waals surface area contributed by atoms with Crippen LogP contribution < -0.4 is 10.2 Å². The van der Waals surface area contributed by atoms with Gasteiger partial charge in [-0.05, 0) is 88.2 Å². The lowest BCUT2D eigenvalue weighted by atomic mass is 10.0. The van der Waals surface area contributed by atoms with Crippen molar-refractivity contribution in [3.8, 4) is 0 Å². The Morgan fingerprint density at radius 3 is 2.35 bits per heavy atom. The number of rotatable bonds is 12. The number of thioether (sulfide) groups is 1. The van der Waals surface area contributed by atoms with Crippen molar-refractivity contribution in [3.05, 3.63) is 48.2 Å². The Morgan fingerprint density at radius 2 is 1.75 bits per heavy atom. The van der Waals surface area contributed by atoms with Crippen molar-refractivity contribution in [1.82, 2.24) is 19.7 Å². The second-order valence-electron chi connectivity index (χ2n) is 10.2. The number of amides is 4. The van der Waals surface area contributed by atoms with Crippen molar-refractivity contribution in [2.45, 2.75) is 49.7 Å². The predicted octanol–water partition coefficient (Wildman–Crippen LogP) is 4.65. The molecule has 0 saturated carbocycles. The standard InChI is InChI=1S/C27H35F3N6O3S/c1-6-34(16-15-33(4)5)14-12-23(37)32-22-17-19(11-13-31-22)18-35-25(39)36(24(38)26(35,2)3)20-7-9-21(10-8-20)40-27(28,29)30/h7-11,13,17H,6,12,14-16,18H2,1-5H3,(H,31,32,37). The number of hydrogen-bond acceptors (Lipinski definition) is 7. The number of aromatic nitrogens is 1. The van der Waals surface area contributed by atoms with Gasteiger partial charge in [-0.3, -0.25) is 9.59 Å². The molecular formula is C27H35F3N6O3S. The van der Waals surface area contributed by atoms with Gasteiger partial charge < -0.3 is 20.0 Å². The lowest BCUT2D eigenvalue weighted by Crippen LogP contribution is -2.43. The minimum Gasteiger partial charge on any atom is -0.311 e. The van der Waals surface area contributed by atoms with E-state index in [0.29, 0.717) is 24.3 Å². The highest BCUT2D eigenvalue weighted by atomic mass is 32.2. The Morgan fingerprint density at radius 1 is 1.07 bits per heavy atom. The number of pyridine rings is 1. The predicted molar refractivity (Wildman–Crippen MR) is 149 cm³/mol. The molecule has 40 heavy (non-hydrogen) atoms. The van der Waals surface area contributed by atoms with Crippen molar-refractivity contribution in [2.75, 3.05) is 50.5 Å². The van der Waals surface area contributed by atoms with Gasteiger partial charge in [-0.1, -0.05) is 6.92 Å². The van der Waals surface area contributed by atoms with Crippen LogP contribution in [-0.2, 0) is 16.1 Å². The van der Waals surface area contributed by atoms with E-state index in [1.807, 2.05) is 21.0 Å². The van der Waals surface area contributed by atoms with Gasteiger partial charge >= 0.3 is 11.5 Å². The third-order valence-corrected chi connectivity index (χ3v) is 7.29. The molecule has 1 aromatic carbocycles. The van der Waals surface area contributed by atoms with E-state index < -0.39 is 23.0 Å². The molecule has 1 saturated heterocycles. The van der Waals surface area contributed by atoms with E-state index in [1.54, 1.807) is 26.0 Å². The van der Waals surface area contributed by atoms with Crippen LogP contribution in [0.4, 0.5) is 29.5 Å². The number of carbonyl (C=O) groups is 3. The van der Waals surface area contributed by atoms with E-state index in [9.17, 15) is 27.6 Å². The lowest BCUT2D eigenvalue weighted by Gasteiger charge is -2.27. The van der Waals surface area contributed by atoms with Crippen LogP contribution in [0.5, 0.6) is 0 Å². The quantitative estimate of drug-likeness (QED) is 0.289. The van der Waals surface area contributed by atoms with E-state index in [4.69, 9.17) is 0 Å². The number of imide groups is 1. The Hall–Kier alpha value is -3.16. The number of hydrogen-bond donors (Lipinski definition) is 1. The fourth-order valence-corrected chi connectivity index (χ4v) is 4.72. The molecule has 0 atom stereocenters. The van der Waals surface area contributed by atoms with E-state index >= 15 is 0 Å². The summed E-state index contributed by atoms with van der Waals surface area (Å²) in [5.41, 5.74) is -4.81. The zero-order chi connectivity index (χ0) is 29.7. The summed E-state index contributed by atoms with van der Waals surface area (Å²) in [7, 11) is 4.00. The first-order valence-electron chi connectivity index (χ1n) is 12.8. The number of halogens is 3. The van der Waals surface area contributed by atoms with E-state index in [0.717, 1.165) is 24.5 Å². The Kier molecular flexibility index (Phi) is 10.2. The molecule has 4 amide bonds. The molecule has 0 spiro atoms. The highest BCUT2D eigenvalue weighted by Crippen LogP contribution is 2.39. The van der Waals surface area contributed by atoms with Crippen molar-refractivity contribution in [2.24, 2.45) is 0 Å². The van der Waals surface area contributed by atoms with E-state index in [2.05, 4.69) is 20.1 Å². The summed E-state index contributed by atoms with van der Waals surface area (Å²) in [6.45, 7) is 8.54. The first-order valence-corrected chi connectivity index (χ1v) is 13.7. The van der Waals surface area contributed by atoms with Crippen molar-refractivity contribution >= 4 is 41.1 Å². The maximum absolute atomic E-state index is 13.3. The van der Waals surface area contributed by atoms with Gasteiger partial charge in [-0.15, -0.1) is 0 Å². The van der Waals surface area contributed by atoms with Crippen LogP contribution in [0.1, 0.15) is 32.8 Å². The average molecular weight is 581 g/mol. The average Bonchev–Trinajstić information content (AvgIpc) is 3.03. The molecule has 1 N–H and O–H groups in total. The first-order chi connectivity index (χ1) is 18.7. The van der Waals surface area contributed by atoms with Gasteiger partial charge in [0.25, 0.3) is 5.91 Å². The van der Waals surface area contributed by atoms with Crippen molar-refractivity contribution in [1.29, 1.82) is 0 Å². The maximum atomic E-state index is 13.3. The molecular weight excluding hydrogens is 545 g/mol. The van der Waals surface area contributed by atoms with Crippen LogP contribution >= 0.6 is 11.8 Å². The van der Waals surface area contributed by atoms with Gasteiger partial charge in [0.1, 0.15) is 11.4 Å².